The normalized spacial score (nSPS) is 12.2. The van der Waals surface area contributed by atoms with Crippen molar-refractivity contribution in [3.8, 4) is 11.5 Å². The highest BCUT2D eigenvalue weighted by atomic mass is 79.9. The predicted octanol–water partition coefficient (Wildman–Crippen LogP) is 6.33. The van der Waals surface area contributed by atoms with E-state index in [0.29, 0.717) is 34.1 Å². The molecule has 0 unspecified atom stereocenters. The van der Waals surface area contributed by atoms with Gasteiger partial charge in [-0.1, -0.05) is 58.4 Å². The highest BCUT2D eigenvalue weighted by Crippen LogP contribution is 2.29. The van der Waals surface area contributed by atoms with Crippen molar-refractivity contribution in [1.29, 1.82) is 0 Å². The first-order valence-corrected chi connectivity index (χ1v) is 13.8. The predicted molar refractivity (Wildman–Crippen MR) is 165 cm³/mol. The van der Waals surface area contributed by atoms with E-state index in [0.717, 1.165) is 4.47 Å². The third-order valence-electron chi connectivity index (χ3n) is 5.86. The van der Waals surface area contributed by atoms with Gasteiger partial charge in [0.2, 0.25) is 5.91 Å². The molecule has 9 nitrogen and oxygen atoms in total. The molecule has 42 heavy (non-hydrogen) atoms. The second kappa shape index (κ2) is 15.3. The summed E-state index contributed by atoms with van der Waals surface area (Å²) in [4.78, 5) is 25.9. The van der Waals surface area contributed by atoms with Gasteiger partial charge in [-0.3, -0.25) is 10.1 Å². The Hall–Kier alpha value is -4.80. The van der Waals surface area contributed by atoms with Gasteiger partial charge in [0.15, 0.2) is 12.2 Å². The third-order valence-corrected chi connectivity index (χ3v) is 6.39. The molecular weight excluding hydrogens is 602 g/mol. The molecule has 2 amide bonds. The van der Waals surface area contributed by atoms with Crippen LogP contribution in [-0.4, -0.2) is 36.4 Å². The number of carbonyl (C=O) groups is 2. The van der Waals surface area contributed by atoms with Crippen LogP contribution in [0.25, 0.3) is 0 Å². The van der Waals surface area contributed by atoms with Crippen molar-refractivity contribution in [1.82, 2.24) is 0 Å². The molecular formula is C32H30BrN3O6. The number of ether oxygens (including phenoxy) is 3. The quantitative estimate of drug-likeness (QED) is 0.106. The third kappa shape index (κ3) is 9.12. The lowest BCUT2D eigenvalue weighted by Crippen LogP contribution is -2.30. The van der Waals surface area contributed by atoms with Crippen LogP contribution in [0.2, 0.25) is 0 Å². The van der Waals surface area contributed by atoms with Crippen LogP contribution < -0.4 is 25.8 Å². The van der Waals surface area contributed by atoms with Crippen molar-refractivity contribution in [2.24, 2.45) is 0 Å². The molecule has 0 saturated heterocycles. The smallest absolute Gasteiger partial charge is 0.412 e. The number of aliphatic hydroxyl groups excluding tert-OH is 1. The van der Waals surface area contributed by atoms with Crippen molar-refractivity contribution in [3.63, 3.8) is 0 Å². The number of halogens is 1. The SMILES string of the molecule is Nc1ccccc1NC(=O)/C=C/[C@@H](Oc1ccccc1)[C@H](OC(=O)Nc1ccc(Br)cc1)c1ccc(OCCO)cc1. The van der Waals surface area contributed by atoms with E-state index in [-0.39, 0.29) is 13.2 Å². The molecule has 0 aliphatic heterocycles. The molecule has 216 valence electrons. The maximum Gasteiger partial charge on any atom is 0.412 e. The maximum atomic E-state index is 13.1. The summed E-state index contributed by atoms with van der Waals surface area (Å²) in [5, 5.41) is 14.5. The maximum absolute atomic E-state index is 13.1. The lowest BCUT2D eigenvalue weighted by atomic mass is 10.0. The molecule has 4 rings (SSSR count). The van der Waals surface area contributed by atoms with Crippen LogP contribution in [0.1, 0.15) is 11.7 Å². The number of rotatable bonds is 12. The number of carbonyl (C=O) groups excluding carboxylic acids is 2. The number of aliphatic hydroxyl groups is 1. The average Bonchev–Trinajstić information content (AvgIpc) is 3.00. The molecule has 0 heterocycles. The second-order valence-electron chi connectivity index (χ2n) is 8.93. The summed E-state index contributed by atoms with van der Waals surface area (Å²) in [5.41, 5.74) is 7.97. The molecule has 0 aromatic heterocycles. The summed E-state index contributed by atoms with van der Waals surface area (Å²) >= 11 is 3.38. The molecule has 2 atom stereocenters. The van der Waals surface area contributed by atoms with Gasteiger partial charge in [-0.2, -0.15) is 0 Å². The van der Waals surface area contributed by atoms with Gasteiger partial charge in [0.1, 0.15) is 18.1 Å². The van der Waals surface area contributed by atoms with E-state index in [9.17, 15) is 9.59 Å². The zero-order chi connectivity index (χ0) is 29.7. The van der Waals surface area contributed by atoms with Crippen molar-refractivity contribution < 1.29 is 28.9 Å². The Kier molecular flexibility index (Phi) is 11.0. The summed E-state index contributed by atoms with van der Waals surface area (Å²) in [5.74, 6) is 0.590. The molecule has 0 aliphatic carbocycles. The zero-order valence-corrected chi connectivity index (χ0v) is 24.1. The molecule has 0 spiro atoms. The zero-order valence-electron chi connectivity index (χ0n) is 22.5. The van der Waals surface area contributed by atoms with Crippen LogP contribution in [0.4, 0.5) is 21.9 Å². The molecule has 0 saturated carbocycles. The van der Waals surface area contributed by atoms with Crippen LogP contribution in [0.15, 0.2) is 120 Å². The Morgan fingerprint density at radius 3 is 2.24 bits per heavy atom. The van der Waals surface area contributed by atoms with Crippen LogP contribution in [-0.2, 0) is 9.53 Å². The Labute approximate surface area is 252 Å². The van der Waals surface area contributed by atoms with Crippen LogP contribution in [0.5, 0.6) is 11.5 Å². The topological polar surface area (TPSA) is 132 Å². The van der Waals surface area contributed by atoms with E-state index in [1.807, 2.05) is 18.2 Å². The minimum atomic E-state index is -0.988. The summed E-state index contributed by atoms with van der Waals surface area (Å²) in [7, 11) is 0. The van der Waals surface area contributed by atoms with Gasteiger partial charge in [0.05, 0.1) is 18.0 Å². The molecule has 10 heteroatoms. The molecule has 0 fully saturated rings. The van der Waals surface area contributed by atoms with Gasteiger partial charge in [-0.15, -0.1) is 0 Å². The Morgan fingerprint density at radius 2 is 1.55 bits per heavy atom. The molecule has 4 aromatic rings. The van der Waals surface area contributed by atoms with Crippen molar-refractivity contribution in [2.75, 3.05) is 29.6 Å². The van der Waals surface area contributed by atoms with Crippen LogP contribution >= 0.6 is 15.9 Å². The van der Waals surface area contributed by atoms with Crippen molar-refractivity contribution in [3.05, 3.63) is 125 Å². The highest BCUT2D eigenvalue weighted by Gasteiger charge is 2.28. The second-order valence-corrected chi connectivity index (χ2v) is 9.85. The number of benzene rings is 4. The Bertz CT molecular complexity index is 1480. The number of nitrogen functional groups attached to an aromatic ring is 1. The number of anilines is 3. The largest absolute Gasteiger partial charge is 0.491 e. The van der Waals surface area contributed by atoms with E-state index in [1.54, 1.807) is 84.9 Å². The lowest BCUT2D eigenvalue weighted by molar-refractivity contribution is -0.112. The fourth-order valence-corrected chi connectivity index (χ4v) is 4.13. The number of hydrogen-bond acceptors (Lipinski definition) is 7. The first-order valence-electron chi connectivity index (χ1n) is 13.0. The Balaban J connectivity index is 1.64. The summed E-state index contributed by atoms with van der Waals surface area (Å²) in [6, 6.07) is 29.8. The monoisotopic (exact) mass is 631 g/mol. The van der Waals surface area contributed by atoms with Gasteiger partial charge < -0.3 is 30.4 Å². The number of nitrogens with two attached hydrogens (primary N) is 1. The molecule has 0 bridgehead atoms. The summed E-state index contributed by atoms with van der Waals surface area (Å²) in [6.45, 7) is 0.0105. The van der Waals surface area contributed by atoms with E-state index < -0.39 is 24.2 Å². The van der Waals surface area contributed by atoms with Crippen LogP contribution in [0, 0.1) is 0 Å². The van der Waals surface area contributed by atoms with Crippen molar-refractivity contribution in [2.45, 2.75) is 12.2 Å². The van der Waals surface area contributed by atoms with Gasteiger partial charge in [-0.05, 0) is 72.3 Å². The van der Waals surface area contributed by atoms with Gasteiger partial charge >= 0.3 is 6.09 Å². The fourth-order valence-electron chi connectivity index (χ4n) is 3.86. The fraction of sp³-hybridized carbons (Fsp3) is 0.125. The standard InChI is InChI=1S/C32H30BrN3O6/c33-23-12-14-24(15-13-23)35-32(39)42-31(22-10-16-25(17-11-22)40-21-20-37)29(41-26-6-2-1-3-7-26)18-19-30(38)36-28-9-5-4-8-27(28)34/h1-19,29,31,37H,20-21,34H2,(H,35,39)(H,36,38)/b19-18+/t29-,31-/m1/s1. The first-order chi connectivity index (χ1) is 20.4. The van der Waals surface area contributed by atoms with E-state index in [2.05, 4.69) is 26.6 Å². The molecule has 5 N–H and O–H groups in total. The summed E-state index contributed by atoms with van der Waals surface area (Å²) < 4.78 is 18.5. The number of amides is 2. The van der Waals surface area contributed by atoms with E-state index in [4.69, 9.17) is 25.1 Å². The number of para-hydroxylation sites is 3. The van der Waals surface area contributed by atoms with Gasteiger partial charge in [0, 0.05) is 16.2 Å². The van der Waals surface area contributed by atoms with Gasteiger partial charge in [-0.25, -0.2) is 4.79 Å². The van der Waals surface area contributed by atoms with Crippen LogP contribution in [0.3, 0.4) is 0 Å². The first kappa shape index (κ1) is 30.2. The van der Waals surface area contributed by atoms with Crippen molar-refractivity contribution >= 4 is 45.0 Å². The van der Waals surface area contributed by atoms with E-state index >= 15 is 0 Å². The Morgan fingerprint density at radius 1 is 0.857 bits per heavy atom. The summed E-state index contributed by atoms with van der Waals surface area (Å²) in [6.07, 6.45) is 0.195. The number of nitrogens with one attached hydrogen (secondary N) is 2. The lowest BCUT2D eigenvalue weighted by Gasteiger charge is -2.26. The van der Waals surface area contributed by atoms with E-state index in [1.165, 1.54) is 12.2 Å². The minimum absolute atomic E-state index is 0.127. The number of hydrogen-bond donors (Lipinski definition) is 4. The van der Waals surface area contributed by atoms with Gasteiger partial charge in [0.25, 0.3) is 0 Å². The molecule has 0 aliphatic rings. The highest BCUT2D eigenvalue weighted by molar-refractivity contribution is 9.10. The minimum Gasteiger partial charge on any atom is -0.491 e. The average molecular weight is 633 g/mol. The molecule has 0 radical (unpaired) electrons. The molecule has 4 aromatic carbocycles.